The van der Waals surface area contributed by atoms with Gasteiger partial charge in [0.25, 0.3) is 5.56 Å². The van der Waals surface area contributed by atoms with Gasteiger partial charge in [0.2, 0.25) is 5.91 Å². The number of amides is 1. The summed E-state index contributed by atoms with van der Waals surface area (Å²) in [6.45, 7) is 1.98. The zero-order chi connectivity index (χ0) is 23.8. The number of benzene rings is 2. The fraction of sp³-hybridized carbons (Fsp3) is 0.227. The number of anilines is 1. The van der Waals surface area contributed by atoms with E-state index in [9.17, 15) is 27.2 Å². The summed E-state index contributed by atoms with van der Waals surface area (Å²) in [6, 6.07) is 9.67. The average molecular weight is 496 g/mol. The highest BCUT2D eigenvalue weighted by Gasteiger charge is 2.30. The zero-order valence-electron chi connectivity index (χ0n) is 17.1. The van der Waals surface area contributed by atoms with Crippen molar-refractivity contribution in [2.75, 3.05) is 11.1 Å². The molecule has 0 saturated heterocycles. The predicted octanol–water partition coefficient (Wildman–Crippen LogP) is 5.16. The molecule has 11 heteroatoms. The molecule has 5 nitrogen and oxygen atoms in total. The van der Waals surface area contributed by atoms with Gasteiger partial charge in [0.1, 0.15) is 5.82 Å². The number of hydrogen-bond acceptors (Lipinski definition) is 5. The van der Waals surface area contributed by atoms with Crippen LogP contribution in [0.3, 0.4) is 0 Å². The maximum Gasteiger partial charge on any atom is 0.416 e. The van der Waals surface area contributed by atoms with Gasteiger partial charge >= 0.3 is 6.18 Å². The highest BCUT2D eigenvalue weighted by atomic mass is 32.2. The Morgan fingerprint density at radius 3 is 2.67 bits per heavy atom. The molecule has 33 heavy (non-hydrogen) atoms. The predicted molar refractivity (Wildman–Crippen MR) is 120 cm³/mol. The minimum atomic E-state index is -4.52. The summed E-state index contributed by atoms with van der Waals surface area (Å²) in [5.74, 6) is -1.20. The van der Waals surface area contributed by atoms with Gasteiger partial charge in [0.15, 0.2) is 5.16 Å². The largest absolute Gasteiger partial charge is 0.416 e. The van der Waals surface area contributed by atoms with E-state index in [1.165, 1.54) is 52.7 Å². The molecule has 2 heterocycles. The van der Waals surface area contributed by atoms with E-state index in [1.807, 2.05) is 6.92 Å². The molecule has 0 spiro atoms. The van der Waals surface area contributed by atoms with Crippen LogP contribution in [-0.2, 0) is 17.4 Å². The van der Waals surface area contributed by atoms with E-state index in [0.717, 1.165) is 23.9 Å². The Balaban J connectivity index is 1.58. The highest BCUT2D eigenvalue weighted by Crippen LogP contribution is 2.35. The third-order valence-corrected chi connectivity index (χ3v) is 6.93. The lowest BCUT2D eigenvalue weighted by Crippen LogP contribution is -2.24. The number of nitrogens with one attached hydrogen (secondary N) is 1. The number of nitrogens with zero attached hydrogens (tertiary/aromatic N) is 2. The molecule has 0 bridgehead atoms. The minimum absolute atomic E-state index is 0.0125. The normalized spacial score (nSPS) is 15.4. The van der Waals surface area contributed by atoms with Crippen LogP contribution in [-0.4, -0.2) is 26.5 Å². The standard InChI is InChI=1S/C22H17F4N3O2S2/c1-12-9-17-19(33-12)20(31)29(16-7-5-14(23)6-8-16)21(28-17)32-11-18(30)27-15-4-2-3-13(10-15)22(24,25)26/h2-8,10,12H,9,11H2,1H3,(H,27,30). The molecule has 1 aliphatic rings. The molecule has 0 fully saturated rings. The lowest BCUT2D eigenvalue weighted by molar-refractivity contribution is -0.137. The van der Waals surface area contributed by atoms with Crippen molar-refractivity contribution in [2.24, 2.45) is 0 Å². The van der Waals surface area contributed by atoms with Crippen molar-refractivity contribution < 1.29 is 22.4 Å². The summed E-state index contributed by atoms with van der Waals surface area (Å²) in [7, 11) is 0. The number of rotatable bonds is 5. The Kier molecular flexibility index (Phi) is 6.53. The lowest BCUT2D eigenvalue weighted by atomic mass is 10.2. The summed E-state index contributed by atoms with van der Waals surface area (Å²) in [5, 5.41) is 2.86. The summed E-state index contributed by atoms with van der Waals surface area (Å²) in [5.41, 5.74) is -0.125. The number of halogens is 4. The zero-order valence-corrected chi connectivity index (χ0v) is 18.8. The smallest absolute Gasteiger partial charge is 0.325 e. The van der Waals surface area contributed by atoms with Crippen molar-refractivity contribution in [1.29, 1.82) is 0 Å². The minimum Gasteiger partial charge on any atom is -0.325 e. The Morgan fingerprint density at radius 2 is 1.97 bits per heavy atom. The summed E-state index contributed by atoms with van der Waals surface area (Å²) >= 11 is 2.40. The van der Waals surface area contributed by atoms with Crippen LogP contribution in [0.4, 0.5) is 23.2 Å². The van der Waals surface area contributed by atoms with E-state index in [4.69, 9.17) is 0 Å². The quantitative estimate of drug-likeness (QED) is 0.301. The van der Waals surface area contributed by atoms with E-state index in [-0.39, 0.29) is 27.4 Å². The van der Waals surface area contributed by atoms with Crippen LogP contribution in [0.1, 0.15) is 18.2 Å². The van der Waals surface area contributed by atoms with Gasteiger partial charge in [-0.25, -0.2) is 9.37 Å². The molecular formula is C22H17F4N3O2S2. The van der Waals surface area contributed by atoms with E-state index in [2.05, 4.69) is 10.3 Å². The van der Waals surface area contributed by atoms with Gasteiger partial charge < -0.3 is 5.32 Å². The van der Waals surface area contributed by atoms with Crippen LogP contribution in [0.25, 0.3) is 5.69 Å². The van der Waals surface area contributed by atoms with Crippen molar-refractivity contribution in [2.45, 2.75) is 34.8 Å². The van der Waals surface area contributed by atoms with Crippen LogP contribution < -0.4 is 10.9 Å². The first-order chi connectivity index (χ1) is 15.6. The van der Waals surface area contributed by atoms with Crippen LogP contribution in [0.5, 0.6) is 0 Å². The molecule has 0 saturated carbocycles. The number of alkyl halides is 3. The van der Waals surface area contributed by atoms with Crippen LogP contribution in [0, 0.1) is 5.82 Å². The molecule has 2 aromatic carbocycles. The molecule has 1 atom stereocenters. The molecule has 1 aliphatic heterocycles. The first kappa shape index (κ1) is 23.4. The average Bonchev–Trinajstić information content (AvgIpc) is 3.13. The van der Waals surface area contributed by atoms with Gasteiger partial charge in [-0.1, -0.05) is 24.8 Å². The molecule has 0 radical (unpaired) electrons. The molecule has 1 N–H and O–H groups in total. The first-order valence-electron chi connectivity index (χ1n) is 9.80. The van der Waals surface area contributed by atoms with Gasteiger partial charge in [-0.3, -0.25) is 14.2 Å². The topological polar surface area (TPSA) is 64.0 Å². The molecular weight excluding hydrogens is 478 g/mol. The SMILES string of the molecule is CC1Cc2nc(SCC(=O)Nc3cccc(C(F)(F)F)c3)n(-c3ccc(F)cc3)c(=O)c2S1. The summed E-state index contributed by atoms with van der Waals surface area (Å²) in [6.07, 6.45) is -3.92. The monoisotopic (exact) mass is 495 g/mol. The second-order valence-electron chi connectivity index (χ2n) is 7.34. The number of thioether (sulfide) groups is 2. The van der Waals surface area contributed by atoms with E-state index in [0.29, 0.717) is 22.7 Å². The molecule has 3 aromatic rings. The van der Waals surface area contributed by atoms with Crippen molar-refractivity contribution in [1.82, 2.24) is 9.55 Å². The van der Waals surface area contributed by atoms with E-state index < -0.39 is 23.5 Å². The van der Waals surface area contributed by atoms with Gasteiger partial charge in [0, 0.05) is 17.4 Å². The van der Waals surface area contributed by atoms with Crippen LogP contribution in [0.15, 0.2) is 63.4 Å². The third-order valence-electron chi connectivity index (χ3n) is 4.77. The van der Waals surface area contributed by atoms with Crippen molar-refractivity contribution in [3.05, 3.63) is 76.0 Å². The van der Waals surface area contributed by atoms with Crippen LogP contribution >= 0.6 is 23.5 Å². The maximum atomic E-state index is 13.4. The second kappa shape index (κ2) is 9.22. The molecule has 172 valence electrons. The van der Waals surface area contributed by atoms with Gasteiger partial charge in [0.05, 0.1) is 27.6 Å². The van der Waals surface area contributed by atoms with Gasteiger partial charge in [-0.2, -0.15) is 13.2 Å². The molecule has 0 aliphatic carbocycles. The fourth-order valence-corrected chi connectivity index (χ4v) is 5.24. The fourth-order valence-electron chi connectivity index (χ4n) is 3.32. The molecule has 4 rings (SSSR count). The number of carbonyl (C=O) groups excluding carboxylic acids is 1. The number of hydrogen-bond donors (Lipinski definition) is 1. The van der Waals surface area contributed by atoms with E-state index >= 15 is 0 Å². The molecule has 1 amide bonds. The summed E-state index contributed by atoms with van der Waals surface area (Å²) < 4.78 is 53.4. The van der Waals surface area contributed by atoms with Crippen molar-refractivity contribution in [3.63, 3.8) is 0 Å². The molecule has 1 unspecified atom stereocenters. The lowest BCUT2D eigenvalue weighted by Gasteiger charge is -2.14. The first-order valence-corrected chi connectivity index (χ1v) is 11.7. The Morgan fingerprint density at radius 1 is 1.24 bits per heavy atom. The Labute approximate surface area is 194 Å². The van der Waals surface area contributed by atoms with Gasteiger partial charge in [-0.15, -0.1) is 11.8 Å². The van der Waals surface area contributed by atoms with E-state index in [1.54, 1.807) is 0 Å². The highest BCUT2D eigenvalue weighted by molar-refractivity contribution is 8.00. The van der Waals surface area contributed by atoms with Crippen molar-refractivity contribution in [3.8, 4) is 5.69 Å². The number of aromatic nitrogens is 2. The third kappa shape index (κ3) is 5.25. The Bertz CT molecular complexity index is 1260. The summed E-state index contributed by atoms with van der Waals surface area (Å²) in [4.78, 5) is 30.7. The Hall–Kier alpha value is -2.79. The van der Waals surface area contributed by atoms with Gasteiger partial charge in [-0.05, 0) is 42.5 Å². The van der Waals surface area contributed by atoms with Crippen LogP contribution in [0.2, 0.25) is 0 Å². The van der Waals surface area contributed by atoms with Crippen molar-refractivity contribution >= 4 is 35.1 Å². The maximum absolute atomic E-state index is 13.4. The molecule has 1 aromatic heterocycles. The number of fused-ring (bicyclic) bond motifs is 1. The second-order valence-corrected chi connectivity index (χ2v) is 9.73. The number of carbonyl (C=O) groups is 1.